The Morgan fingerprint density at radius 1 is 1.15 bits per heavy atom. The third-order valence-corrected chi connectivity index (χ3v) is 5.79. The van der Waals surface area contributed by atoms with E-state index in [-0.39, 0.29) is 16.5 Å². The molecule has 6 nitrogen and oxygen atoms in total. The van der Waals surface area contributed by atoms with E-state index in [2.05, 4.69) is 9.71 Å². The van der Waals surface area contributed by atoms with E-state index in [4.69, 9.17) is 4.74 Å². The van der Waals surface area contributed by atoms with Gasteiger partial charge in [-0.2, -0.15) is 11.3 Å². The van der Waals surface area contributed by atoms with E-state index in [0.29, 0.717) is 5.56 Å². The number of carbonyl (C=O) groups excluding carboxylic acids is 1. The molecule has 0 amide bonds. The quantitative estimate of drug-likeness (QED) is 0.642. The Kier molecular flexibility index (Phi) is 4.83. The van der Waals surface area contributed by atoms with Crippen molar-refractivity contribution in [2.45, 2.75) is 31.2 Å². The van der Waals surface area contributed by atoms with Gasteiger partial charge in [-0.3, -0.25) is 0 Å². The number of sulfonamides is 1. The lowest BCUT2D eigenvalue weighted by Crippen LogP contribution is -2.40. The van der Waals surface area contributed by atoms with Gasteiger partial charge in [-0.15, -0.1) is 0 Å². The van der Waals surface area contributed by atoms with E-state index in [9.17, 15) is 13.2 Å². The van der Waals surface area contributed by atoms with Crippen LogP contribution < -0.4 is 4.72 Å². The normalized spacial score (nSPS) is 16.7. The molecule has 136 valence electrons. The number of aliphatic imine (C=N–C) groups is 1. The maximum absolute atomic E-state index is 12.3. The number of cyclic esters (lactones) is 1. The number of nitrogens with zero attached hydrogens (tertiary/aromatic N) is 1. The Morgan fingerprint density at radius 2 is 1.85 bits per heavy atom. The van der Waals surface area contributed by atoms with Crippen LogP contribution in [0.4, 0.5) is 0 Å². The lowest BCUT2D eigenvalue weighted by atomic mass is 10.1. The van der Waals surface area contributed by atoms with E-state index in [1.54, 1.807) is 39.0 Å². The van der Waals surface area contributed by atoms with E-state index in [1.165, 1.54) is 23.5 Å². The van der Waals surface area contributed by atoms with Crippen LogP contribution in [0, 0.1) is 0 Å². The summed E-state index contributed by atoms with van der Waals surface area (Å²) in [6.07, 6.45) is 1.65. The van der Waals surface area contributed by atoms with Gasteiger partial charge in [-0.1, -0.05) is 0 Å². The Balaban J connectivity index is 1.84. The number of nitrogens with one attached hydrogen (secondary N) is 1. The number of rotatable bonds is 4. The molecule has 0 saturated heterocycles. The minimum atomic E-state index is -3.62. The number of hydrogen-bond acceptors (Lipinski definition) is 6. The fourth-order valence-electron chi connectivity index (χ4n) is 2.29. The summed E-state index contributed by atoms with van der Waals surface area (Å²) >= 11 is 1.52. The van der Waals surface area contributed by atoms with Crippen LogP contribution in [-0.4, -0.2) is 25.8 Å². The first-order valence-corrected chi connectivity index (χ1v) is 10.3. The van der Waals surface area contributed by atoms with Gasteiger partial charge in [0.25, 0.3) is 0 Å². The number of hydrogen-bond donors (Lipinski definition) is 1. The summed E-state index contributed by atoms with van der Waals surface area (Å²) in [7, 11) is -3.62. The molecule has 1 N–H and O–H groups in total. The van der Waals surface area contributed by atoms with Crippen LogP contribution in [0.25, 0.3) is 6.08 Å². The highest BCUT2D eigenvalue weighted by Gasteiger charge is 2.25. The smallest absolute Gasteiger partial charge is 0.363 e. The molecule has 0 atom stereocenters. The second-order valence-electron chi connectivity index (χ2n) is 6.77. The Hall–Kier alpha value is -2.29. The fraction of sp³-hybridized carbons (Fsp3) is 0.222. The van der Waals surface area contributed by atoms with E-state index in [0.717, 1.165) is 5.56 Å². The van der Waals surface area contributed by atoms with Gasteiger partial charge in [0.2, 0.25) is 15.9 Å². The summed E-state index contributed by atoms with van der Waals surface area (Å²) in [5.74, 6) is -0.374. The largest absolute Gasteiger partial charge is 0.402 e. The van der Waals surface area contributed by atoms with Crippen LogP contribution in [0.1, 0.15) is 31.9 Å². The lowest BCUT2D eigenvalue weighted by Gasteiger charge is -2.20. The zero-order valence-corrected chi connectivity index (χ0v) is 16.1. The standard InChI is InChI=1S/C18H18N2O4S2/c1-18(2,3)20-26(22,23)14-6-4-13(5-7-14)16-19-15(17(21)24-16)10-12-8-9-25-11-12/h4-11,20H,1-3H3/b15-10+. The van der Waals surface area contributed by atoms with Gasteiger partial charge in [-0.25, -0.2) is 22.9 Å². The maximum Gasteiger partial charge on any atom is 0.363 e. The molecule has 0 unspecified atom stereocenters. The maximum atomic E-state index is 12.3. The molecule has 0 bridgehead atoms. The van der Waals surface area contributed by atoms with Gasteiger partial charge in [0, 0.05) is 11.1 Å². The van der Waals surface area contributed by atoms with Gasteiger partial charge in [0.1, 0.15) is 0 Å². The summed E-state index contributed by atoms with van der Waals surface area (Å²) in [6.45, 7) is 5.31. The summed E-state index contributed by atoms with van der Waals surface area (Å²) in [5.41, 5.74) is 1.04. The number of ether oxygens (including phenoxy) is 1. The Labute approximate surface area is 156 Å². The third kappa shape index (κ3) is 4.27. The highest BCUT2D eigenvalue weighted by atomic mass is 32.2. The van der Waals surface area contributed by atoms with Gasteiger partial charge in [0.15, 0.2) is 5.70 Å². The molecule has 1 aromatic heterocycles. The molecular formula is C18H18N2O4S2. The van der Waals surface area contributed by atoms with Crippen molar-refractivity contribution in [1.82, 2.24) is 4.72 Å². The molecule has 2 aromatic rings. The van der Waals surface area contributed by atoms with Gasteiger partial charge in [-0.05, 0) is 73.5 Å². The number of benzene rings is 1. The summed E-state index contributed by atoms with van der Waals surface area (Å²) in [5, 5.41) is 3.80. The van der Waals surface area contributed by atoms with Crippen LogP contribution >= 0.6 is 11.3 Å². The Bertz CT molecular complexity index is 981. The predicted octanol–water partition coefficient (Wildman–Crippen LogP) is 3.17. The van der Waals surface area contributed by atoms with Crippen LogP contribution in [0.3, 0.4) is 0 Å². The van der Waals surface area contributed by atoms with Gasteiger partial charge < -0.3 is 4.74 Å². The second kappa shape index (κ2) is 6.79. The zero-order valence-electron chi connectivity index (χ0n) is 14.5. The van der Waals surface area contributed by atoms with E-state index < -0.39 is 21.5 Å². The molecule has 3 rings (SSSR count). The molecule has 26 heavy (non-hydrogen) atoms. The highest BCUT2D eigenvalue weighted by Crippen LogP contribution is 2.21. The SMILES string of the molecule is CC(C)(C)NS(=O)(=O)c1ccc(C2=N/C(=C/c3ccsc3)C(=O)O2)cc1. The van der Waals surface area contributed by atoms with Crippen LogP contribution in [0.15, 0.2) is 56.7 Å². The molecule has 1 aromatic carbocycles. The van der Waals surface area contributed by atoms with Crippen molar-refractivity contribution in [3.8, 4) is 0 Å². The van der Waals surface area contributed by atoms with Crippen molar-refractivity contribution in [2.24, 2.45) is 4.99 Å². The molecular weight excluding hydrogens is 372 g/mol. The molecule has 2 heterocycles. The van der Waals surface area contributed by atoms with Crippen molar-refractivity contribution in [2.75, 3.05) is 0 Å². The summed E-state index contributed by atoms with van der Waals surface area (Å²) in [6, 6.07) is 7.93. The van der Waals surface area contributed by atoms with Crippen LogP contribution in [0.2, 0.25) is 0 Å². The van der Waals surface area contributed by atoms with Crippen molar-refractivity contribution in [1.29, 1.82) is 0 Å². The van der Waals surface area contributed by atoms with Crippen LogP contribution in [-0.2, 0) is 19.6 Å². The van der Waals surface area contributed by atoms with Gasteiger partial charge >= 0.3 is 5.97 Å². The van der Waals surface area contributed by atoms with Gasteiger partial charge in [0.05, 0.1) is 4.90 Å². The second-order valence-corrected chi connectivity index (χ2v) is 9.24. The zero-order chi connectivity index (χ0) is 18.9. The third-order valence-electron chi connectivity index (χ3n) is 3.32. The molecule has 0 aliphatic carbocycles. The highest BCUT2D eigenvalue weighted by molar-refractivity contribution is 7.89. The molecule has 0 saturated carbocycles. The average Bonchev–Trinajstić information content (AvgIpc) is 3.16. The molecule has 1 aliphatic rings. The molecule has 1 aliphatic heterocycles. The Morgan fingerprint density at radius 3 is 2.42 bits per heavy atom. The van der Waals surface area contributed by atoms with Crippen molar-refractivity contribution in [3.05, 3.63) is 57.9 Å². The average molecular weight is 390 g/mol. The minimum Gasteiger partial charge on any atom is -0.402 e. The first kappa shape index (κ1) is 18.5. The van der Waals surface area contributed by atoms with Crippen molar-refractivity contribution < 1.29 is 17.9 Å². The molecule has 0 spiro atoms. The first-order valence-electron chi connectivity index (χ1n) is 7.83. The predicted molar refractivity (Wildman–Crippen MR) is 101 cm³/mol. The molecule has 0 fully saturated rings. The number of carbonyl (C=O) groups is 1. The fourth-order valence-corrected chi connectivity index (χ4v) is 4.32. The first-order chi connectivity index (χ1) is 12.1. The number of esters is 1. The summed E-state index contributed by atoms with van der Waals surface area (Å²) < 4.78 is 32.4. The number of thiophene rings is 1. The topological polar surface area (TPSA) is 84.8 Å². The van der Waals surface area contributed by atoms with E-state index >= 15 is 0 Å². The molecule has 8 heteroatoms. The van der Waals surface area contributed by atoms with Crippen molar-refractivity contribution >= 4 is 39.3 Å². The van der Waals surface area contributed by atoms with Crippen molar-refractivity contribution in [3.63, 3.8) is 0 Å². The van der Waals surface area contributed by atoms with E-state index in [1.807, 2.05) is 16.8 Å². The monoisotopic (exact) mass is 390 g/mol. The summed E-state index contributed by atoms with van der Waals surface area (Å²) in [4.78, 5) is 16.3. The molecule has 0 radical (unpaired) electrons. The lowest BCUT2D eigenvalue weighted by molar-refractivity contribution is -0.129. The minimum absolute atomic E-state index is 0.134. The van der Waals surface area contributed by atoms with Crippen LogP contribution in [0.5, 0.6) is 0 Å².